The Morgan fingerprint density at radius 2 is 1.92 bits per heavy atom. The molecule has 0 unspecified atom stereocenters. The number of rotatable bonds is 1. The zero-order chi connectivity index (χ0) is 17.4. The van der Waals surface area contributed by atoms with Crippen LogP contribution in [-0.2, 0) is 16.0 Å². The van der Waals surface area contributed by atoms with Crippen molar-refractivity contribution in [1.82, 2.24) is 5.32 Å². The molecule has 0 aliphatic carbocycles. The van der Waals surface area contributed by atoms with E-state index >= 15 is 0 Å². The summed E-state index contributed by atoms with van der Waals surface area (Å²) >= 11 is 0. The normalized spacial score (nSPS) is 22.4. The number of amides is 2. The van der Waals surface area contributed by atoms with Gasteiger partial charge in [-0.3, -0.25) is 9.59 Å². The average molecular weight is 336 g/mol. The lowest BCUT2D eigenvalue weighted by molar-refractivity contribution is -0.131. The van der Waals surface area contributed by atoms with Gasteiger partial charge in [-0.1, -0.05) is 36.4 Å². The lowest BCUT2D eigenvalue weighted by Gasteiger charge is -2.31. The van der Waals surface area contributed by atoms with Crippen LogP contribution in [0.25, 0.3) is 0 Å². The highest BCUT2D eigenvalue weighted by molar-refractivity contribution is 6.07. The molecule has 5 heteroatoms. The maximum absolute atomic E-state index is 13.3. The minimum Gasteiger partial charge on any atom is -0.363 e. The minimum absolute atomic E-state index is 0.122. The summed E-state index contributed by atoms with van der Waals surface area (Å²) in [5, 5.41) is 2.93. The predicted octanol–water partition coefficient (Wildman–Crippen LogP) is 2.47. The van der Waals surface area contributed by atoms with E-state index in [1.807, 2.05) is 49.4 Å². The van der Waals surface area contributed by atoms with Crippen LogP contribution in [0.4, 0.5) is 5.69 Å². The maximum Gasteiger partial charge on any atom is 0.260 e. The van der Waals surface area contributed by atoms with Crippen molar-refractivity contribution in [2.75, 3.05) is 18.1 Å². The van der Waals surface area contributed by atoms with Crippen LogP contribution in [0.2, 0.25) is 0 Å². The van der Waals surface area contributed by atoms with Gasteiger partial charge in [0.1, 0.15) is 0 Å². The molecule has 0 aromatic heterocycles. The monoisotopic (exact) mass is 336 g/mol. The number of anilines is 1. The molecule has 1 N–H and O–H groups in total. The van der Waals surface area contributed by atoms with Crippen LogP contribution in [-0.4, -0.2) is 31.0 Å². The van der Waals surface area contributed by atoms with E-state index in [-0.39, 0.29) is 17.9 Å². The Hall–Kier alpha value is -2.66. The molecule has 2 amide bonds. The van der Waals surface area contributed by atoms with Crippen LogP contribution < -0.4 is 10.2 Å². The highest BCUT2D eigenvalue weighted by atomic mass is 16.5. The smallest absolute Gasteiger partial charge is 0.260 e. The van der Waals surface area contributed by atoms with Crippen molar-refractivity contribution in [3.05, 3.63) is 65.2 Å². The molecule has 2 aromatic carbocycles. The standard InChI is InChI=1S/C20H20N2O3/c1-13-12-22(17-9-5-4-8-16(17)19(23)21-13)20(24)18-15-7-3-2-6-14(15)10-11-25-18/h2-9,13,18H,10-12H2,1H3,(H,21,23)/t13-,18+/m0/s1. The van der Waals surface area contributed by atoms with Crippen LogP contribution in [0, 0.1) is 0 Å². The fraction of sp³-hybridized carbons (Fsp3) is 0.300. The highest BCUT2D eigenvalue weighted by Gasteiger charge is 2.35. The molecular formula is C20H20N2O3. The molecule has 0 bridgehead atoms. The number of nitrogens with zero attached hydrogens (tertiary/aromatic N) is 1. The molecular weight excluding hydrogens is 316 g/mol. The molecule has 5 nitrogen and oxygen atoms in total. The second-order valence-electron chi connectivity index (χ2n) is 6.54. The van der Waals surface area contributed by atoms with Crippen molar-refractivity contribution in [2.45, 2.75) is 25.5 Å². The number of fused-ring (bicyclic) bond motifs is 2. The fourth-order valence-corrected chi connectivity index (χ4v) is 3.57. The first-order chi connectivity index (χ1) is 12.1. The van der Waals surface area contributed by atoms with Crippen LogP contribution in [0.15, 0.2) is 48.5 Å². The zero-order valence-electron chi connectivity index (χ0n) is 14.1. The molecule has 0 spiro atoms. The Kier molecular flexibility index (Phi) is 4.01. The van der Waals surface area contributed by atoms with Gasteiger partial charge in [-0.25, -0.2) is 0 Å². The van der Waals surface area contributed by atoms with Crippen molar-refractivity contribution < 1.29 is 14.3 Å². The van der Waals surface area contributed by atoms with Gasteiger partial charge in [0.2, 0.25) is 0 Å². The van der Waals surface area contributed by atoms with E-state index in [1.165, 1.54) is 0 Å². The van der Waals surface area contributed by atoms with Gasteiger partial charge in [0, 0.05) is 12.6 Å². The summed E-state index contributed by atoms with van der Waals surface area (Å²) in [6.07, 6.45) is 0.186. The van der Waals surface area contributed by atoms with Crippen LogP contribution >= 0.6 is 0 Å². The number of hydrogen-bond acceptors (Lipinski definition) is 3. The zero-order valence-corrected chi connectivity index (χ0v) is 14.1. The summed E-state index contributed by atoms with van der Waals surface area (Å²) < 4.78 is 5.84. The lowest BCUT2D eigenvalue weighted by Crippen LogP contribution is -2.44. The topological polar surface area (TPSA) is 58.6 Å². The number of carbonyl (C=O) groups excluding carboxylic acids is 2. The Labute approximate surface area is 146 Å². The van der Waals surface area contributed by atoms with E-state index < -0.39 is 6.10 Å². The van der Waals surface area contributed by atoms with Gasteiger partial charge in [0.15, 0.2) is 6.10 Å². The van der Waals surface area contributed by atoms with E-state index in [0.717, 1.165) is 17.5 Å². The number of hydrogen-bond donors (Lipinski definition) is 1. The first-order valence-electron chi connectivity index (χ1n) is 8.56. The van der Waals surface area contributed by atoms with E-state index in [2.05, 4.69) is 5.32 Å². The second kappa shape index (κ2) is 6.33. The van der Waals surface area contributed by atoms with Gasteiger partial charge in [-0.05, 0) is 36.6 Å². The molecule has 25 heavy (non-hydrogen) atoms. The van der Waals surface area contributed by atoms with E-state index in [0.29, 0.717) is 24.4 Å². The van der Waals surface area contributed by atoms with Crippen molar-refractivity contribution >= 4 is 17.5 Å². The molecule has 2 aromatic rings. The van der Waals surface area contributed by atoms with Crippen LogP contribution in [0.3, 0.4) is 0 Å². The summed E-state index contributed by atoms with van der Waals surface area (Å²) in [4.78, 5) is 27.4. The van der Waals surface area contributed by atoms with Crippen LogP contribution in [0.5, 0.6) is 0 Å². The first kappa shape index (κ1) is 15.8. The van der Waals surface area contributed by atoms with Crippen molar-refractivity contribution in [3.8, 4) is 0 Å². The summed E-state index contributed by atoms with van der Waals surface area (Å²) in [6.45, 7) is 2.85. The Balaban J connectivity index is 1.75. The van der Waals surface area contributed by atoms with Gasteiger partial charge in [0.25, 0.3) is 11.8 Å². The highest BCUT2D eigenvalue weighted by Crippen LogP contribution is 2.32. The molecule has 4 rings (SSSR count). The molecule has 2 heterocycles. The van der Waals surface area contributed by atoms with Crippen molar-refractivity contribution in [3.63, 3.8) is 0 Å². The third-order valence-electron chi connectivity index (χ3n) is 4.76. The van der Waals surface area contributed by atoms with Gasteiger partial charge in [-0.15, -0.1) is 0 Å². The SMILES string of the molecule is C[C@H]1CN(C(=O)[C@@H]2OCCc3ccccc32)c2ccccc2C(=O)N1. The third kappa shape index (κ3) is 2.81. The van der Waals surface area contributed by atoms with E-state index in [4.69, 9.17) is 4.74 Å². The van der Waals surface area contributed by atoms with E-state index in [1.54, 1.807) is 11.0 Å². The quantitative estimate of drug-likeness (QED) is 0.870. The largest absolute Gasteiger partial charge is 0.363 e. The predicted molar refractivity (Wildman–Crippen MR) is 94.6 cm³/mol. The van der Waals surface area contributed by atoms with Crippen LogP contribution in [0.1, 0.15) is 34.5 Å². The second-order valence-corrected chi connectivity index (χ2v) is 6.54. The average Bonchev–Trinajstić information content (AvgIpc) is 2.77. The molecule has 128 valence electrons. The minimum atomic E-state index is -0.626. The Morgan fingerprint density at radius 1 is 1.16 bits per heavy atom. The number of nitrogens with one attached hydrogen (secondary N) is 1. The summed E-state index contributed by atoms with van der Waals surface area (Å²) in [6, 6.07) is 15.0. The molecule has 0 saturated carbocycles. The molecule has 0 saturated heterocycles. The van der Waals surface area contributed by atoms with Crippen molar-refractivity contribution in [2.24, 2.45) is 0 Å². The third-order valence-corrected chi connectivity index (χ3v) is 4.76. The maximum atomic E-state index is 13.3. The van der Waals surface area contributed by atoms with Crippen molar-refractivity contribution in [1.29, 1.82) is 0 Å². The number of carbonyl (C=O) groups is 2. The van der Waals surface area contributed by atoms with Gasteiger partial charge < -0.3 is 15.0 Å². The van der Waals surface area contributed by atoms with Gasteiger partial charge in [0.05, 0.1) is 17.9 Å². The number of para-hydroxylation sites is 1. The Bertz CT molecular complexity index is 833. The van der Waals surface area contributed by atoms with Gasteiger partial charge in [-0.2, -0.15) is 0 Å². The number of benzene rings is 2. The summed E-state index contributed by atoms with van der Waals surface area (Å²) in [5.74, 6) is -0.272. The number of ether oxygens (including phenoxy) is 1. The molecule has 2 aliphatic rings. The first-order valence-corrected chi connectivity index (χ1v) is 8.56. The van der Waals surface area contributed by atoms with Gasteiger partial charge >= 0.3 is 0 Å². The lowest BCUT2D eigenvalue weighted by atomic mass is 9.96. The molecule has 2 atom stereocenters. The Morgan fingerprint density at radius 3 is 2.80 bits per heavy atom. The molecule has 0 fully saturated rings. The summed E-state index contributed by atoms with van der Waals surface area (Å²) in [7, 11) is 0. The molecule has 2 aliphatic heterocycles. The summed E-state index contributed by atoms with van der Waals surface area (Å²) in [5.41, 5.74) is 3.23. The fourth-order valence-electron chi connectivity index (χ4n) is 3.57. The molecule has 0 radical (unpaired) electrons. The van der Waals surface area contributed by atoms with E-state index in [9.17, 15) is 9.59 Å².